The predicted octanol–water partition coefficient (Wildman–Crippen LogP) is 2.86. The molecule has 2 heterocycles. The molecule has 22 heavy (non-hydrogen) atoms. The number of aliphatic hydroxyl groups is 1. The lowest BCUT2D eigenvalue weighted by atomic mass is 10.1. The Morgan fingerprint density at radius 1 is 1.27 bits per heavy atom. The minimum atomic E-state index is -0.0285. The highest BCUT2D eigenvalue weighted by molar-refractivity contribution is 6.30. The molecule has 0 spiro atoms. The van der Waals surface area contributed by atoms with Gasteiger partial charge in [0.1, 0.15) is 0 Å². The van der Waals surface area contributed by atoms with Crippen LogP contribution in [-0.2, 0) is 0 Å². The van der Waals surface area contributed by atoms with Gasteiger partial charge in [-0.2, -0.15) is 0 Å². The van der Waals surface area contributed by atoms with Crippen LogP contribution in [0.2, 0.25) is 5.02 Å². The van der Waals surface area contributed by atoms with Gasteiger partial charge in [-0.1, -0.05) is 23.7 Å². The number of aromatic nitrogens is 1. The minimum absolute atomic E-state index is 0.0285. The zero-order valence-corrected chi connectivity index (χ0v) is 12.8. The Labute approximate surface area is 134 Å². The Kier molecular flexibility index (Phi) is 4.41. The van der Waals surface area contributed by atoms with E-state index in [-0.39, 0.29) is 18.4 Å². The summed E-state index contributed by atoms with van der Waals surface area (Å²) in [5, 5.41) is 9.87. The van der Waals surface area contributed by atoms with Crippen molar-refractivity contribution in [1.29, 1.82) is 0 Å². The third-order valence-electron chi connectivity index (χ3n) is 3.99. The number of nitrogens with zero attached hydrogens (tertiary/aromatic N) is 2. The number of benzene rings is 1. The van der Waals surface area contributed by atoms with Gasteiger partial charge in [0.05, 0.1) is 5.56 Å². The van der Waals surface area contributed by atoms with E-state index in [1.54, 1.807) is 17.3 Å². The molecule has 1 aliphatic heterocycles. The molecular weight excluding hydrogens is 300 g/mol. The van der Waals surface area contributed by atoms with E-state index in [0.29, 0.717) is 23.7 Å². The summed E-state index contributed by atoms with van der Waals surface area (Å²) in [5.74, 6) is 0.163. The van der Waals surface area contributed by atoms with Crippen molar-refractivity contribution in [2.75, 3.05) is 19.7 Å². The van der Waals surface area contributed by atoms with Crippen LogP contribution < -0.4 is 0 Å². The fraction of sp³-hybridized carbons (Fsp3) is 0.294. The molecule has 5 heteroatoms. The molecule has 4 nitrogen and oxygen atoms in total. The Morgan fingerprint density at radius 3 is 2.73 bits per heavy atom. The molecule has 1 fully saturated rings. The van der Waals surface area contributed by atoms with E-state index >= 15 is 0 Å². The molecule has 3 rings (SSSR count). The highest BCUT2D eigenvalue weighted by atomic mass is 35.5. The van der Waals surface area contributed by atoms with Crippen LogP contribution in [0.5, 0.6) is 0 Å². The predicted molar refractivity (Wildman–Crippen MR) is 85.8 cm³/mol. The van der Waals surface area contributed by atoms with E-state index in [0.717, 1.165) is 17.5 Å². The number of rotatable bonds is 3. The van der Waals surface area contributed by atoms with Crippen LogP contribution in [0.1, 0.15) is 16.8 Å². The molecule has 114 valence electrons. The molecule has 1 saturated heterocycles. The summed E-state index contributed by atoms with van der Waals surface area (Å²) in [6, 6.07) is 9.30. The zero-order chi connectivity index (χ0) is 15.5. The van der Waals surface area contributed by atoms with E-state index in [4.69, 9.17) is 11.6 Å². The molecule has 1 atom stereocenters. The fourth-order valence-electron chi connectivity index (χ4n) is 2.71. The lowest BCUT2D eigenvalue weighted by Crippen LogP contribution is -2.29. The first-order valence-corrected chi connectivity index (χ1v) is 7.66. The van der Waals surface area contributed by atoms with Gasteiger partial charge < -0.3 is 10.0 Å². The third-order valence-corrected chi connectivity index (χ3v) is 4.25. The lowest BCUT2D eigenvalue weighted by Gasteiger charge is -2.16. The summed E-state index contributed by atoms with van der Waals surface area (Å²) >= 11 is 5.90. The van der Waals surface area contributed by atoms with E-state index < -0.39 is 0 Å². The summed E-state index contributed by atoms with van der Waals surface area (Å²) in [7, 11) is 0. The molecule has 0 radical (unpaired) electrons. The summed E-state index contributed by atoms with van der Waals surface area (Å²) in [6.45, 7) is 1.43. The number of hydrogen-bond donors (Lipinski definition) is 1. The van der Waals surface area contributed by atoms with Gasteiger partial charge in [-0.05, 0) is 30.2 Å². The molecule has 1 unspecified atom stereocenters. The van der Waals surface area contributed by atoms with Gasteiger partial charge in [0.2, 0.25) is 0 Å². The van der Waals surface area contributed by atoms with Crippen molar-refractivity contribution in [3.63, 3.8) is 0 Å². The number of carbonyl (C=O) groups excluding carboxylic acids is 1. The molecule has 1 aromatic carbocycles. The van der Waals surface area contributed by atoms with E-state index in [2.05, 4.69) is 4.98 Å². The quantitative estimate of drug-likeness (QED) is 0.947. The zero-order valence-electron chi connectivity index (χ0n) is 12.1. The minimum Gasteiger partial charge on any atom is -0.396 e. The Balaban J connectivity index is 1.82. The van der Waals surface area contributed by atoms with Gasteiger partial charge in [-0.3, -0.25) is 9.78 Å². The smallest absolute Gasteiger partial charge is 0.255 e. The van der Waals surface area contributed by atoms with Crippen LogP contribution in [0.4, 0.5) is 0 Å². The average molecular weight is 317 g/mol. The maximum absolute atomic E-state index is 12.5. The fourth-order valence-corrected chi connectivity index (χ4v) is 2.83. The number of likely N-dealkylation sites (tertiary alicyclic amines) is 1. The highest BCUT2D eigenvalue weighted by Crippen LogP contribution is 2.23. The molecule has 0 saturated carbocycles. The Hall–Kier alpha value is -1.91. The van der Waals surface area contributed by atoms with Crippen molar-refractivity contribution in [2.24, 2.45) is 5.92 Å². The second-order valence-corrected chi connectivity index (χ2v) is 5.99. The van der Waals surface area contributed by atoms with Crippen LogP contribution in [0, 0.1) is 5.92 Å². The van der Waals surface area contributed by atoms with Gasteiger partial charge in [-0.15, -0.1) is 0 Å². The van der Waals surface area contributed by atoms with Crippen molar-refractivity contribution in [1.82, 2.24) is 9.88 Å². The summed E-state index contributed by atoms with van der Waals surface area (Å²) < 4.78 is 0. The number of halogens is 1. The maximum atomic E-state index is 12.5. The number of carbonyl (C=O) groups is 1. The highest BCUT2D eigenvalue weighted by Gasteiger charge is 2.26. The van der Waals surface area contributed by atoms with Gasteiger partial charge >= 0.3 is 0 Å². The molecule has 1 amide bonds. The maximum Gasteiger partial charge on any atom is 0.255 e. The second kappa shape index (κ2) is 6.46. The first kappa shape index (κ1) is 15.0. The molecular formula is C17H17ClN2O2. The van der Waals surface area contributed by atoms with Crippen LogP contribution in [0.25, 0.3) is 11.1 Å². The van der Waals surface area contributed by atoms with E-state index in [9.17, 15) is 9.90 Å². The summed E-state index contributed by atoms with van der Waals surface area (Å²) in [4.78, 5) is 18.5. The first-order chi connectivity index (χ1) is 10.7. The Morgan fingerprint density at radius 2 is 2.05 bits per heavy atom. The summed E-state index contributed by atoms with van der Waals surface area (Å²) in [5.41, 5.74) is 2.44. The van der Waals surface area contributed by atoms with Gasteiger partial charge in [-0.25, -0.2) is 0 Å². The van der Waals surface area contributed by atoms with Gasteiger partial charge in [0.25, 0.3) is 5.91 Å². The molecule has 0 bridgehead atoms. The van der Waals surface area contributed by atoms with Gasteiger partial charge in [0, 0.05) is 48.6 Å². The SMILES string of the molecule is O=C(c1cncc(-c2ccc(Cl)cc2)c1)N1CCC(CO)C1. The van der Waals surface area contributed by atoms with Crippen molar-refractivity contribution in [2.45, 2.75) is 6.42 Å². The average Bonchev–Trinajstić information content (AvgIpc) is 3.04. The monoisotopic (exact) mass is 316 g/mol. The van der Waals surface area contributed by atoms with Crippen LogP contribution in [0.15, 0.2) is 42.7 Å². The van der Waals surface area contributed by atoms with E-state index in [1.807, 2.05) is 30.3 Å². The van der Waals surface area contributed by atoms with Crippen LogP contribution in [-0.4, -0.2) is 40.6 Å². The number of amides is 1. The van der Waals surface area contributed by atoms with Gasteiger partial charge in [0.15, 0.2) is 0 Å². The topological polar surface area (TPSA) is 53.4 Å². The van der Waals surface area contributed by atoms with Crippen LogP contribution in [0.3, 0.4) is 0 Å². The molecule has 2 aromatic rings. The third kappa shape index (κ3) is 3.13. The molecule has 1 aliphatic rings. The number of aliphatic hydroxyl groups excluding tert-OH is 1. The Bertz CT molecular complexity index is 673. The van der Waals surface area contributed by atoms with Crippen molar-refractivity contribution < 1.29 is 9.90 Å². The van der Waals surface area contributed by atoms with Crippen molar-refractivity contribution >= 4 is 17.5 Å². The second-order valence-electron chi connectivity index (χ2n) is 5.56. The number of hydrogen-bond acceptors (Lipinski definition) is 3. The molecule has 0 aliphatic carbocycles. The standard InChI is InChI=1S/C17H17ClN2O2/c18-16-3-1-13(2-4-16)14-7-15(9-19-8-14)17(22)20-6-5-12(10-20)11-21/h1-4,7-9,12,21H,5-6,10-11H2. The first-order valence-electron chi connectivity index (χ1n) is 7.28. The van der Waals surface area contributed by atoms with Crippen LogP contribution >= 0.6 is 11.6 Å². The molecule has 1 N–H and O–H groups in total. The number of pyridine rings is 1. The largest absolute Gasteiger partial charge is 0.396 e. The molecule has 1 aromatic heterocycles. The normalized spacial score (nSPS) is 17.7. The van der Waals surface area contributed by atoms with Crippen molar-refractivity contribution in [3.8, 4) is 11.1 Å². The van der Waals surface area contributed by atoms with Crippen molar-refractivity contribution in [3.05, 3.63) is 53.3 Å². The summed E-state index contributed by atoms with van der Waals surface area (Å²) in [6.07, 6.45) is 4.18. The van der Waals surface area contributed by atoms with E-state index in [1.165, 1.54) is 0 Å². The lowest BCUT2D eigenvalue weighted by molar-refractivity contribution is 0.0781.